The average Bonchev–Trinajstić information content (AvgIpc) is 3.52. The molecule has 4 aromatic rings. The van der Waals surface area contributed by atoms with E-state index in [9.17, 15) is 4.79 Å². The van der Waals surface area contributed by atoms with E-state index in [1.165, 1.54) is 67.6 Å². The molecule has 0 spiro atoms. The molecule has 0 radical (unpaired) electrons. The summed E-state index contributed by atoms with van der Waals surface area (Å²) in [5.74, 6) is 0.488. The summed E-state index contributed by atoms with van der Waals surface area (Å²) in [6, 6.07) is 17.6. The Morgan fingerprint density at radius 3 is 2.65 bits per heavy atom. The van der Waals surface area contributed by atoms with Gasteiger partial charge in [0, 0.05) is 22.7 Å². The number of rotatable bonds is 3. The zero-order valence-electron chi connectivity index (χ0n) is 20.9. The van der Waals surface area contributed by atoms with Gasteiger partial charge >= 0.3 is 0 Å². The van der Waals surface area contributed by atoms with Crippen molar-refractivity contribution < 1.29 is 9.53 Å². The maximum Gasteiger partial charge on any atom is 0.255 e. The first kappa shape index (κ1) is 22.7. The molecule has 1 amide bonds. The van der Waals surface area contributed by atoms with Crippen LogP contribution in [0.4, 0.5) is 0 Å². The molecule has 0 saturated carbocycles. The predicted octanol–water partition coefficient (Wildman–Crippen LogP) is 4.33. The number of fused-ring (bicyclic) bond motifs is 3. The summed E-state index contributed by atoms with van der Waals surface area (Å²) in [7, 11) is -0.809. The number of aryl methyl sites for hydroxylation is 2. The number of amides is 1. The van der Waals surface area contributed by atoms with Gasteiger partial charge in [0.2, 0.25) is 0 Å². The lowest BCUT2D eigenvalue weighted by atomic mass is 9.96. The summed E-state index contributed by atoms with van der Waals surface area (Å²) < 4.78 is 8.68. The van der Waals surface area contributed by atoms with E-state index in [2.05, 4.69) is 44.3 Å². The SMILES string of the molecule is O=C1NCCOc2cc(-c3n[nH]c4ncc(-c5ccc6c(c5)CC[Si@@H](N5CCCC5)CC6)cc34)ccc21. The minimum atomic E-state index is -0.809. The Morgan fingerprint density at radius 1 is 0.919 bits per heavy atom. The maximum atomic E-state index is 12.3. The second-order valence-electron chi connectivity index (χ2n) is 10.5. The molecular weight excluding hydrogens is 478 g/mol. The van der Waals surface area contributed by atoms with E-state index >= 15 is 0 Å². The van der Waals surface area contributed by atoms with Crippen molar-refractivity contribution in [1.29, 1.82) is 0 Å². The van der Waals surface area contributed by atoms with Gasteiger partial charge in [-0.2, -0.15) is 5.10 Å². The number of nitrogens with one attached hydrogen (secondary N) is 2. The highest BCUT2D eigenvalue weighted by Gasteiger charge is 2.26. The van der Waals surface area contributed by atoms with Crippen LogP contribution in [0.2, 0.25) is 12.1 Å². The van der Waals surface area contributed by atoms with Crippen molar-refractivity contribution in [2.45, 2.75) is 37.8 Å². The topological polar surface area (TPSA) is 83.1 Å². The molecule has 3 aliphatic heterocycles. The number of aromatic amines is 1. The summed E-state index contributed by atoms with van der Waals surface area (Å²) in [6.45, 7) is 3.62. The van der Waals surface area contributed by atoms with Crippen LogP contribution in [0.15, 0.2) is 48.7 Å². The summed E-state index contributed by atoms with van der Waals surface area (Å²) in [5.41, 5.74) is 8.38. The molecule has 0 aliphatic carbocycles. The van der Waals surface area contributed by atoms with Crippen LogP contribution in [0.3, 0.4) is 0 Å². The standard InChI is InChI=1S/C29H31N5O2Si/c35-29-24-6-5-22(17-26(24)36-12-9-30-29)27-25-16-23(18-31-28(25)33-32-27)20-4-3-19-7-13-37(14-8-21(19)15-20)34-10-1-2-11-34/h3-6,15-18,37H,1-2,7-14H2,(H,30,35)(H,31,32,33)/t37-/m0/s1. The molecule has 1 saturated heterocycles. The normalized spacial score (nSPS) is 20.0. The summed E-state index contributed by atoms with van der Waals surface area (Å²) >= 11 is 0. The van der Waals surface area contributed by atoms with E-state index in [-0.39, 0.29) is 5.91 Å². The van der Waals surface area contributed by atoms with E-state index in [4.69, 9.17) is 9.72 Å². The number of benzene rings is 2. The molecule has 3 aliphatic rings. The molecular formula is C29H31N5O2Si. The van der Waals surface area contributed by atoms with E-state index in [1.54, 1.807) is 0 Å². The molecule has 188 valence electrons. The van der Waals surface area contributed by atoms with Crippen molar-refractivity contribution in [3.8, 4) is 28.1 Å². The second kappa shape index (κ2) is 9.43. The zero-order valence-corrected chi connectivity index (χ0v) is 22.1. The van der Waals surface area contributed by atoms with Crippen molar-refractivity contribution in [3.63, 3.8) is 0 Å². The molecule has 7 nitrogen and oxygen atoms in total. The van der Waals surface area contributed by atoms with Gasteiger partial charge in [-0.3, -0.25) is 9.89 Å². The molecule has 2 N–H and O–H groups in total. The lowest BCUT2D eigenvalue weighted by Gasteiger charge is -2.24. The van der Waals surface area contributed by atoms with Crippen LogP contribution in [0.25, 0.3) is 33.4 Å². The first-order valence-corrected chi connectivity index (χ1v) is 15.6. The highest BCUT2D eigenvalue weighted by atomic mass is 28.3. The van der Waals surface area contributed by atoms with Crippen molar-refractivity contribution in [2.75, 3.05) is 26.2 Å². The summed E-state index contributed by atoms with van der Waals surface area (Å²) in [5, 5.41) is 11.5. The van der Waals surface area contributed by atoms with Gasteiger partial charge in [-0.25, -0.2) is 4.98 Å². The number of pyridine rings is 1. The van der Waals surface area contributed by atoms with Crippen molar-refractivity contribution in [2.24, 2.45) is 0 Å². The number of nitrogens with zero attached hydrogens (tertiary/aromatic N) is 3. The third kappa shape index (κ3) is 4.24. The fourth-order valence-corrected chi connectivity index (χ4v) is 9.62. The second-order valence-corrected chi connectivity index (χ2v) is 13.7. The predicted molar refractivity (Wildman–Crippen MR) is 148 cm³/mol. The molecule has 1 atom stereocenters. The van der Waals surface area contributed by atoms with Gasteiger partial charge in [0.15, 0.2) is 5.65 Å². The number of carbonyl (C=O) groups is 1. The third-order valence-electron chi connectivity index (χ3n) is 8.25. The number of carbonyl (C=O) groups excluding carboxylic acids is 1. The first-order valence-electron chi connectivity index (χ1n) is 13.5. The van der Waals surface area contributed by atoms with Crippen LogP contribution in [-0.2, 0) is 12.8 Å². The molecule has 5 heterocycles. The Bertz CT molecular complexity index is 1490. The molecule has 2 aromatic heterocycles. The molecule has 37 heavy (non-hydrogen) atoms. The van der Waals surface area contributed by atoms with Gasteiger partial charge in [0.1, 0.15) is 27.0 Å². The van der Waals surface area contributed by atoms with Crippen molar-refractivity contribution in [1.82, 2.24) is 25.1 Å². The van der Waals surface area contributed by atoms with Crippen molar-refractivity contribution in [3.05, 3.63) is 65.4 Å². The van der Waals surface area contributed by atoms with Crippen LogP contribution in [0.1, 0.15) is 34.3 Å². The number of hydrogen-bond donors (Lipinski definition) is 2. The Balaban J connectivity index is 1.20. The Labute approximate surface area is 217 Å². The van der Waals surface area contributed by atoms with Crippen LogP contribution < -0.4 is 10.1 Å². The largest absolute Gasteiger partial charge is 0.491 e. The highest BCUT2D eigenvalue weighted by molar-refractivity contribution is 6.56. The van der Waals surface area contributed by atoms with Gasteiger partial charge in [-0.15, -0.1) is 0 Å². The fourth-order valence-electron chi connectivity index (χ4n) is 6.22. The lowest BCUT2D eigenvalue weighted by Crippen LogP contribution is -2.36. The highest BCUT2D eigenvalue weighted by Crippen LogP contribution is 2.34. The van der Waals surface area contributed by atoms with Gasteiger partial charge in [0.05, 0.1) is 12.1 Å². The van der Waals surface area contributed by atoms with Gasteiger partial charge in [-0.05, 0) is 85.8 Å². The molecule has 2 aromatic carbocycles. The van der Waals surface area contributed by atoms with Crippen LogP contribution >= 0.6 is 0 Å². The number of H-pyrrole nitrogens is 1. The monoisotopic (exact) mass is 509 g/mol. The summed E-state index contributed by atoms with van der Waals surface area (Å²) in [4.78, 5) is 17.0. The minimum Gasteiger partial charge on any atom is -0.491 e. The quantitative estimate of drug-likeness (QED) is 0.402. The first-order chi connectivity index (χ1) is 18.2. The summed E-state index contributed by atoms with van der Waals surface area (Å²) in [6.07, 6.45) is 7.14. The third-order valence-corrected chi connectivity index (χ3v) is 11.7. The Morgan fingerprint density at radius 2 is 1.76 bits per heavy atom. The minimum absolute atomic E-state index is 0.104. The van der Waals surface area contributed by atoms with Crippen molar-refractivity contribution >= 4 is 25.9 Å². The molecule has 8 heteroatoms. The van der Waals surface area contributed by atoms with Crippen LogP contribution in [0.5, 0.6) is 5.75 Å². The Kier molecular flexibility index (Phi) is 5.78. The van der Waals surface area contributed by atoms with Gasteiger partial charge in [0.25, 0.3) is 5.91 Å². The van der Waals surface area contributed by atoms with E-state index < -0.39 is 8.96 Å². The van der Waals surface area contributed by atoms with Gasteiger partial charge in [-0.1, -0.05) is 24.3 Å². The fraction of sp³-hybridized carbons (Fsp3) is 0.345. The molecule has 7 rings (SSSR count). The molecule has 0 bridgehead atoms. The van der Waals surface area contributed by atoms with Crippen LogP contribution in [-0.4, -0.2) is 60.9 Å². The molecule has 1 fully saturated rings. The Hall–Kier alpha value is -3.49. The number of aromatic nitrogens is 3. The van der Waals surface area contributed by atoms with E-state index in [1.807, 2.05) is 24.4 Å². The average molecular weight is 510 g/mol. The maximum absolute atomic E-state index is 12.3. The lowest BCUT2D eigenvalue weighted by molar-refractivity contribution is 0.0957. The smallest absolute Gasteiger partial charge is 0.255 e. The number of hydrogen-bond acceptors (Lipinski definition) is 5. The van der Waals surface area contributed by atoms with Crippen LogP contribution in [0, 0.1) is 0 Å². The van der Waals surface area contributed by atoms with Gasteiger partial charge < -0.3 is 14.6 Å². The zero-order chi connectivity index (χ0) is 24.8. The van der Waals surface area contributed by atoms with E-state index in [0.717, 1.165) is 27.9 Å². The number of ether oxygens (including phenoxy) is 1. The van der Waals surface area contributed by atoms with E-state index in [0.29, 0.717) is 24.5 Å². The molecule has 0 unspecified atom stereocenters.